The Bertz CT molecular complexity index is 819. The van der Waals surface area contributed by atoms with Crippen LogP contribution in [0.15, 0.2) is 29.7 Å². The zero-order valence-corrected chi connectivity index (χ0v) is 13.8. The van der Waals surface area contributed by atoms with Crippen molar-refractivity contribution in [2.24, 2.45) is 5.16 Å². The maximum Gasteiger partial charge on any atom is 0.416 e. The van der Waals surface area contributed by atoms with Crippen LogP contribution < -0.4 is 5.32 Å². The molecule has 0 fully saturated rings. The summed E-state index contributed by atoms with van der Waals surface area (Å²) in [5, 5.41) is 17.9. The molecule has 2 rings (SSSR count). The Labute approximate surface area is 145 Å². The molecule has 2 aromatic rings. The summed E-state index contributed by atoms with van der Waals surface area (Å²) in [6.07, 6.45) is -3.44. The number of nitrogens with one attached hydrogen (secondary N) is 1. The van der Waals surface area contributed by atoms with Crippen LogP contribution in [0.4, 0.5) is 13.2 Å². The first-order valence-electron chi connectivity index (χ1n) is 6.91. The van der Waals surface area contributed by atoms with Gasteiger partial charge in [0.2, 0.25) is 0 Å². The van der Waals surface area contributed by atoms with E-state index in [4.69, 9.17) is 16.8 Å². The second-order valence-corrected chi connectivity index (χ2v) is 5.54. The molecule has 1 atom stereocenters. The van der Waals surface area contributed by atoms with Crippen molar-refractivity contribution >= 4 is 23.3 Å². The molecule has 0 saturated carbocycles. The van der Waals surface area contributed by atoms with Crippen LogP contribution in [0, 0.1) is 0 Å². The molecule has 0 aliphatic carbocycles. The van der Waals surface area contributed by atoms with E-state index < -0.39 is 23.7 Å². The molecule has 11 heteroatoms. The number of amides is 1. The lowest BCUT2D eigenvalue weighted by atomic mass is 10.1. The second-order valence-electron chi connectivity index (χ2n) is 5.10. The predicted octanol–water partition coefficient (Wildman–Crippen LogP) is 3.10. The summed E-state index contributed by atoms with van der Waals surface area (Å²) in [4.78, 5) is 16.2. The maximum atomic E-state index is 12.8. The number of aromatic nitrogens is 3. The minimum absolute atomic E-state index is 0.107. The summed E-state index contributed by atoms with van der Waals surface area (Å²) in [6.45, 7) is 3.01. The van der Waals surface area contributed by atoms with Crippen molar-refractivity contribution in [2.75, 3.05) is 0 Å². The Hall–Kier alpha value is -2.62. The molecule has 25 heavy (non-hydrogen) atoms. The van der Waals surface area contributed by atoms with Crippen LogP contribution >= 0.6 is 11.6 Å². The number of benzene rings is 1. The summed E-state index contributed by atoms with van der Waals surface area (Å²) >= 11 is 5.67. The molecule has 1 amide bonds. The number of rotatable bonds is 3. The van der Waals surface area contributed by atoms with Crippen LogP contribution in [0.2, 0.25) is 5.02 Å². The highest BCUT2D eigenvalue weighted by Crippen LogP contribution is 2.32. The first kappa shape index (κ1) is 18.7. The molecule has 2 N–H and O–H groups in total. The van der Waals surface area contributed by atoms with E-state index in [0.29, 0.717) is 6.07 Å². The highest BCUT2D eigenvalue weighted by Gasteiger charge is 2.32. The summed E-state index contributed by atoms with van der Waals surface area (Å²) in [5.74, 6) is -0.425. The molecule has 134 valence electrons. The van der Waals surface area contributed by atoms with Crippen molar-refractivity contribution in [1.82, 2.24) is 20.1 Å². The third kappa shape index (κ3) is 4.27. The smallest absolute Gasteiger partial charge is 0.409 e. The van der Waals surface area contributed by atoms with Crippen LogP contribution in [0.5, 0.6) is 0 Å². The number of oxime groups is 1. The monoisotopic (exact) mass is 375 g/mol. The molecule has 1 unspecified atom stereocenters. The van der Waals surface area contributed by atoms with Gasteiger partial charge in [-0.2, -0.15) is 23.0 Å². The van der Waals surface area contributed by atoms with Crippen LogP contribution in [-0.2, 0) is 6.18 Å². The van der Waals surface area contributed by atoms with Gasteiger partial charge in [-0.25, -0.2) is 4.98 Å². The van der Waals surface area contributed by atoms with Gasteiger partial charge in [0.25, 0.3) is 5.91 Å². The van der Waals surface area contributed by atoms with Gasteiger partial charge in [0.15, 0.2) is 11.7 Å². The largest absolute Gasteiger partial charge is 0.416 e. The quantitative estimate of drug-likeness (QED) is 0.373. The molecule has 1 aromatic heterocycles. The number of hydrogen-bond acceptors (Lipinski definition) is 5. The fourth-order valence-electron chi connectivity index (χ4n) is 2.07. The zero-order chi connectivity index (χ0) is 18.8. The number of carbonyl (C=O) groups is 1. The lowest BCUT2D eigenvalue weighted by Crippen LogP contribution is -2.30. The maximum absolute atomic E-state index is 12.8. The SMILES string of the molecule is CC(=NO)n1ncnc1C(C)NC(=O)c1cc(Cl)cc(C(F)(F)F)c1. The molecule has 0 aliphatic heterocycles. The van der Waals surface area contributed by atoms with E-state index in [-0.39, 0.29) is 22.2 Å². The van der Waals surface area contributed by atoms with Gasteiger partial charge in [-0.05, 0) is 32.0 Å². The average molecular weight is 376 g/mol. The van der Waals surface area contributed by atoms with Gasteiger partial charge in [0.1, 0.15) is 6.33 Å². The van der Waals surface area contributed by atoms with E-state index in [1.807, 2.05) is 0 Å². The van der Waals surface area contributed by atoms with Crippen molar-refractivity contribution in [3.8, 4) is 0 Å². The second kappa shape index (κ2) is 7.09. The van der Waals surface area contributed by atoms with E-state index in [1.165, 1.54) is 17.9 Å². The van der Waals surface area contributed by atoms with Crippen LogP contribution in [-0.4, -0.2) is 31.7 Å². The van der Waals surface area contributed by atoms with Gasteiger partial charge in [-0.1, -0.05) is 16.8 Å². The topological polar surface area (TPSA) is 92.4 Å². The Morgan fingerprint density at radius 3 is 2.68 bits per heavy atom. The van der Waals surface area contributed by atoms with E-state index >= 15 is 0 Å². The molecule has 0 spiro atoms. The highest BCUT2D eigenvalue weighted by atomic mass is 35.5. The van der Waals surface area contributed by atoms with E-state index in [2.05, 4.69) is 20.6 Å². The first-order valence-corrected chi connectivity index (χ1v) is 7.29. The van der Waals surface area contributed by atoms with Crippen molar-refractivity contribution < 1.29 is 23.2 Å². The summed E-state index contributed by atoms with van der Waals surface area (Å²) < 4.78 is 39.7. The molecule has 0 aliphatic rings. The van der Waals surface area contributed by atoms with Crippen molar-refractivity contribution in [2.45, 2.75) is 26.1 Å². The van der Waals surface area contributed by atoms with Gasteiger partial charge >= 0.3 is 6.18 Å². The number of carbonyl (C=O) groups excluding carboxylic acids is 1. The van der Waals surface area contributed by atoms with Gasteiger partial charge in [0, 0.05) is 10.6 Å². The number of alkyl halides is 3. The normalized spacial score (nSPS) is 13.6. The Balaban J connectivity index is 2.26. The molecule has 1 heterocycles. The van der Waals surface area contributed by atoms with Gasteiger partial charge in [-0.15, -0.1) is 0 Å². The first-order chi connectivity index (χ1) is 11.6. The van der Waals surface area contributed by atoms with Crippen LogP contribution in [0.1, 0.15) is 41.6 Å². The number of hydrogen-bond donors (Lipinski definition) is 2. The van der Waals surface area contributed by atoms with Gasteiger partial charge in [0.05, 0.1) is 11.6 Å². The van der Waals surface area contributed by atoms with Crippen molar-refractivity contribution in [3.05, 3.63) is 46.5 Å². The zero-order valence-electron chi connectivity index (χ0n) is 13.0. The number of halogens is 4. The van der Waals surface area contributed by atoms with Crippen molar-refractivity contribution in [1.29, 1.82) is 0 Å². The molecular formula is C14H13ClF3N5O2. The molecule has 1 aromatic carbocycles. The standard InChI is InChI=1S/C14H13ClF3N5O2/c1-7(12-19-6-20-23(12)8(2)22-25)21-13(24)9-3-10(14(16,17)18)5-11(15)4-9/h3-7,25H,1-2H3,(H,21,24). The molecule has 0 bridgehead atoms. The van der Waals surface area contributed by atoms with Crippen molar-refractivity contribution in [3.63, 3.8) is 0 Å². The van der Waals surface area contributed by atoms with Gasteiger partial charge < -0.3 is 10.5 Å². The highest BCUT2D eigenvalue weighted by molar-refractivity contribution is 6.31. The Morgan fingerprint density at radius 1 is 1.40 bits per heavy atom. The predicted molar refractivity (Wildman–Crippen MR) is 82.7 cm³/mol. The summed E-state index contributed by atoms with van der Waals surface area (Å²) in [7, 11) is 0. The average Bonchev–Trinajstić information content (AvgIpc) is 3.02. The van der Waals surface area contributed by atoms with E-state index in [9.17, 15) is 18.0 Å². The summed E-state index contributed by atoms with van der Waals surface area (Å²) in [6, 6.07) is 1.85. The van der Waals surface area contributed by atoms with Crippen LogP contribution in [0.25, 0.3) is 0 Å². The molecular weight excluding hydrogens is 363 g/mol. The summed E-state index contributed by atoms with van der Waals surface area (Å²) in [5.41, 5.74) is -1.27. The Morgan fingerprint density at radius 2 is 2.08 bits per heavy atom. The minimum Gasteiger partial charge on any atom is -0.409 e. The lowest BCUT2D eigenvalue weighted by Gasteiger charge is -2.15. The lowest BCUT2D eigenvalue weighted by molar-refractivity contribution is -0.137. The third-order valence-electron chi connectivity index (χ3n) is 3.25. The molecule has 0 saturated heterocycles. The fraction of sp³-hybridized carbons (Fsp3) is 0.286. The third-order valence-corrected chi connectivity index (χ3v) is 3.47. The molecule has 0 radical (unpaired) electrons. The van der Waals surface area contributed by atoms with Gasteiger partial charge in [-0.3, -0.25) is 4.79 Å². The molecule has 7 nitrogen and oxygen atoms in total. The minimum atomic E-state index is -4.62. The fourth-order valence-corrected chi connectivity index (χ4v) is 2.30. The number of nitrogens with zero attached hydrogens (tertiary/aromatic N) is 4. The van der Waals surface area contributed by atoms with E-state index in [0.717, 1.165) is 12.1 Å². The Kier molecular flexibility index (Phi) is 5.31. The van der Waals surface area contributed by atoms with Crippen LogP contribution in [0.3, 0.4) is 0 Å². The van der Waals surface area contributed by atoms with E-state index in [1.54, 1.807) is 6.92 Å².